The molecule has 0 aliphatic heterocycles. The zero-order chi connectivity index (χ0) is 21.8. The largest absolute Gasteiger partial charge is 0.361 e. The Morgan fingerprint density at radius 3 is 2.52 bits per heavy atom. The monoisotopic (exact) mass is 418 g/mol. The summed E-state index contributed by atoms with van der Waals surface area (Å²) >= 11 is 0. The summed E-state index contributed by atoms with van der Waals surface area (Å²) < 4.78 is 0. The first-order valence-corrected chi connectivity index (χ1v) is 10.5. The van der Waals surface area contributed by atoms with Crippen molar-refractivity contribution in [2.75, 3.05) is 0 Å². The molecule has 0 radical (unpaired) electrons. The lowest BCUT2D eigenvalue weighted by Crippen LogP contribution is -2.47. The Kier molecular flexibility index (Phi) is 6.02. The van der Waals surface area contributed by atoms with Crippen LogP contribution in [0.1, 0.15) is 41.3 Å². The minimum Gasteiger partial charge on any atom is -0.361 e. The second-order valence-electron chi connectivity index (χ2n) is 7.98. The highest BCUT2D eigenvalue weighted by Crippen LogP contribution is 2.20. The van der Waals surface area contributed by atoms with E-state index in [4.69, 9.17) is 0 Å². The van der Waals surface area contributed by atoms with Crippen molar-refractivity contribution in [2.45, 2.75) is 44.8 Å². The van der Waals surface area contributed by atoms with Gasteiger partial charge >= 0.3 is 0 Å². The molecule has 7 nitrogen and oxygen atoms in total. The van der Waals surface area contributed by atoms with Gasteiger partial charge in [-0.15, -0.1) is 0 Å². The van der Waals surface area contributed by atoms with Crippen LogP contribution in [0.2, 0.25) is 0 Å². The maximum absolute atomic E-state index is 12.8. The van der Waals surface area contributed by atoms with Crippen LogP contribution in [0.5, 0.6) is 0 Å². The van der Waals surface area contributed by atoms with E-state index < -0.39 is 6.04 Å². The number of aromatic amines is 1. The lowest BCUT2D eigenvalue weighted by molar-refractivity contribution is -0.128. The van der Waals surface area contributed by atoms with Gasteiger partial charge in [-0.3, -0.25) is 14.4 Å². The quantitative estimate of drug-likeness (QED) is 0.452. The maximum atomic E-state index is 12.8. The summed E-state index contributed by atoms with van der Waals surface area (Å²) in [6.07, 6.45) is 4.35. The van der Waals surface area contributed by atoms with Crippen molar-refractivity contribution in [1.82, 2.24) is 20.9 Å². The van der Waals surface area contributed by atoms with Crippen LogP contribution in [0.4, 0.5) is 0 Å². The van der Waals surface area contributed by atoms with Crippen LogP contribution in [0, 0.1) is 0 Å². The van der Waals surface area contributed by atoms with Crippen molar-refractivity contribution < 1.29 is 14.4 Å². The number of para-hydroxylation sites is 1. The van der Waals surface area contributed by atoms with Crippen LogP contribution >= 0.6 is 0 Å². The van der Waals surface area contributed by atoms with E-state index in [-0.39, 0.29) is 17.7 Å². The fourth-order valence-corrected chi connectivity index (χ4v) is 3.56. The molecule has 1 saturated carbocycles. The molecule has 1 aromatic heterocycles. The highest BCUT2D eigenvalue weighted by Gasteiger charge is 2.24. The summed E-state index contributed by atoms with van der Waals surface area (Å²) in [6.45, 7) is 1.72. The van der Waals surface area contributed by atoms with Crippen LogP contribution in [-0.4, -0.2) is 34.8 Å². The molecule has 31 heavy (non-hydrogen) atoms. The molecule has 0 bridgehead atoms. The van der Waals surface area contributed by atoms with Crippen LogP contribution in [0.25, 0.3) is 10.9 Å². The number of amides is 3. The summed E-state index contributed by atoms with van der Waals surface area (Å²) in [5.41, 5.74) is 3.45. The summed E-state index contributed by atoms with van der Waals surface area (Å²) in [6, 6.07) is 14.7. The number of rotatable bonds is 8. The molecule has 7 heteroatoms. The fourth-order valence-electron chi connectivity index (χ4n) is 3.56. The Morgan fingerprint density at radius 1 is 1.06 bits per heavy atom. The molecule has 3 aromatic rings. The topological polar surface area (TPSA) is 103 Å². The average molecular weight is 418 g/mol. The molecule has 160 valence electrons. The molecule has 1 fully saturated rings. The molecule has 1 unspecified atom stereocenters. The molecule has 1 aliphatic carbocycles. The van der Waals surface area contributed by atoms with E-state index in [1.54, 1.807) is 12.1 Å². The second kappa shape index (κ2) is 9.04. The van der Waals surface area contributed by atoms with E-state index >= 15 is 0 Å². The number of H-pyrrole nitrogens is 1. The molecule has 4 rings (SSSR count). The van der Waals surface area contributed by atoms with E-state index in [2.05, 4.69) is 20.9 Å². The molecule has 4 N–H and O–H groups in total. The summed E-state index contributed by atoms with van der Waals surface area (Å²) in [5.74, 6) is -0.579. The van der Waals surface area contributed by atoms with Crippen molar-refractivity contribution in [3.05, 3.63) is 71.4 Å². The molecule has 1 heterocycles. The van der Waals surface area contributed by atoms with Crippen molar-refractivity contribution in [2.24, 2.45) is 0 Å². The van der Waals surface area contributed by atoms with Gasteiger partial charge < -0.3 is 20.9 Å². The predicted molar refractivity (Wildman–Crippen MR) is 118 cm³/mol. The van der Waals surface area contributed by atoms with Gasteiger partial charge in [0.2, 0.25) is 11.8 Å². The zero-order valence-corrected chi connectivity index (χ0v) is 17.4. The highest BCUT2D eigenvalue weighted by atomic mass is 16.2. The van der Waals surface area contributed by atoms with Gasteiger partial charge in [-0.1, -0.05) is 30.3 Å². The Labute approximate surface area is 180 Å². The maximum Gasteiger partial charge on any atom is 0.251 e. The SMILES string of the molecule is CC(=O)NC(Cc1c[nH]c2ccccc12)C(=O)NCc1ccc(C(=O)NC2CC2)cc1. The minimum absolute atomic E-state index is 0.0671. The van der Waals surface area contributed by atoms with Gasteiger partial charge in [0.1, 0.15) is 6.04 Å². The van der Waals surface area contributed by atoms with E-state index in [0.29, 0.717) is 24.6 Å². The van der Waals surface area contributed by atoms with Crippen LogP contribution in [0.15, 0.2) is 54.7 Å². The lowest BCUT2D eigenvalue weighted by atomic mass is 10.0. The summed E-state index contributed by atoms with van der Waals surface area (Å²) in [5, 5.41) is 9.63. The van der Waals surface area contributed by atoms with Crippen molar-refractivity contribution in [1.29, 1.82) is 0 Å². The van der Waals surface area contributed by atoms with E-state index in [9.17, 15) is 14.4 Å². The number of hydrogen-bond acceptors (Lipinski definition) is 3. The first-order valence-electron chi connectivity index (χ1n) is 10.5. The molecule has 0 saturated heterocycles. The molecule has 1 aliphatic rings. The van der Waals surface area contributed by atoms with Crippen molar-refractivity contribution >= 4 is 28.6 Å². The number of aromatic nitrogens is 1. The average Bonchev–Trinajstić information content (AvgIpc) is 3.49. The lowest BCUT2D eigenvalue weighted by Gasteiger charge is -2.17. The van der Waals surface area contributed by atoms with Crippen molar-refractivity contribution in [3.63, 3.8) is 0 Å². The van der Waals surface area contributed by atoms with Gasteiger partial charge in [0, 0.05) is 48.6 Å². The molecule has 3 amide bonds. The molecular formula is C24H26N4O3. The first-order chi connectivity index (χ1) is 15.0. The minimum atomic E-state index is -0.680. The normalized spacial score (nSPS) is 14.1. The number of fused-ring (bicyclic) bond motifs is 1. The predicted octanol–water partition coefficient (Wildman–Crippen LogP) is 2.42. The van der Waals surface area contributed by atoms with Crippen LogP contribution in [0.3, 0.4) is 0 Å². The summed E-state index contributed by atoms with van der Waals surface area (Å²) in [7, 11) is 0. The third kappa shape index (κ3) is 5.31. The van der Waals surface area contributed by atoms with Gasteiger partial charge in [-0.05, 0) is 42.2 Å². The number of carbonyl (C=O) groups is 3. The third-order valence-electron chi connectivity index (χ3n) is 5.39. The Balaban J connectivity index is 1.38. The smallest absolute Gasteiger partial charge is 0.251 e. The van der Waals surface area contributed by atoms with Crippen molar-refractivity contribution in [3.8, 4) is 0 Å². The number of carbonyl (C=O) groups excluding carboxylic acids is 3. The third-order valence-corrected chi connectivity index (χ3v) is 5.39. The van der Waals surface area contributed by atoms with E-state index in [0.717, 1.165) is 34.9 Å². The second-order valence-corrected chi connectivity index (χ2v) is 7.98. The van der Waals surface area contributed by atoms with Crippen LogP contribution in [-0.2, 0) is 22.6 Å². The Morgan fingerprint density at radius 2 is 1.81 bits per heavy atom. The molecule has 0 spiro atoms. The molecule has 1 atom stereocenters. The highest BCUT2D eigenvalue weighted by molar-refractivity contribution is 5.94. The van der Waals surface area contributed by atoms with Crippen LogP contribution < -0.4 is 16.0 Å². The van der Waals surface area contributed by atoms with Gasteiger partial charge in [0.15, 0.2) is 0 Å². The number of nitrogens with one attached hydrogen (secondary N) is 4. The zero-order valence-electron chi connectivity index (χ0n) is 17.4. The van der Waals surface area contributed by atoms with Gasteiger partial charge in [-0.2, -0.15) is 0 Å². The standard InChI is InChI=1S/C24H26N4O3/c1-15(29)27-22(12-18-14-25-21-5-3-2-4-20(18)21)24(31)26-13-16-6-8-17(9-7-16)23(30)28-19-10-11-19/h2-9,14,19,22,25H,10-13H2,1H3,(H,26,31)(H,27,29)(H,28,30). The van der Waals surface area contributed by atoms with E-state index in [1.165, 1.54) is 6.92 Å². The number of hydrogen-bond donors (Lipinski definition) is 4. The molecule has 2 aromatic carbocycles. The Bertz CT molecular complexity index is 1100. The molecular weight excluding hydrogens is 392 g/mol. The fraction of sp³-hybridized carbons (Fsp3) is 0.292. The summed E-state index contributed by atoms with van der Waals surface area (Å²) in [4.78, 5) is 39.8. The van der Waals surface area contributed by atoms with Gasteiger partial charge in [-0.25, -0.2) is 0 Å². The van der Waals surface area contributed by atoms with E-state index in [1.807, 2.05) is 42.6 Å². The van der Waals surface area contributed by atoms with Gasteiger partial charge in [0.25, 0.3) is 5.91 Å². The number of benzene rings is 2. The van der Waals surface area contributed by atoms with Gasteiger partial charge in [0.05, 0.1) is 0 Å². The Hall–Kier alpha value is -3.61. The first kappa shape index (κ1) is 20.7.